The Balaban J connectivity index is 1.02. The molecule has 8 rings (SSSR count). The van der Waals surface area contributed by atoms with E-state index in [1.165, 1.54) is 12.5 Å². The second-order valence-corrected chi connectivity index (χ2v) is 23.4. The van der Waals surface area contributed by atoms with Crippen LogP contribution in [-0.2, 0) is 38.0 Å². The fourth-order valence-corrected chi connectivity index (χ4v) is 15.1. The van der Waals surface area contributed by atoms with Gasteiger partial charge in [-0.1, -0.05) is 46.3 Å². The summed E-state index contributed by atoms with van der Waals surface area (Å²) in [6.45, 7) is 10.1. The van der Waals surface area contributed by atoms with E-state index >= 15 is 0 Å². The first-order chi connectivity index (χ1) is 32.2. The van der Waals surface area contributed by atoms with Crippen LogP contribution in [0.15, 0.2) is 11.6 Å². The summed E-state index contributed by atoms with van der Waals surface area (Å²) >= 11 is 0. The number of allylic oxidation sites excluding steroid dienone is 2. The summed E-state index contributed by atoms with van der Waals surface area (Å²) in [6, 6.07) is 0. The number of carbonyl (C=O) groups is 2. The number of aliphatic hydroxyl groups is 11. The molecular formula is C48H76O21. The normalized spacial score (nSPS) is 54.0. The van der Waals surface area contributed by atoms with Crippen LogP contribution in [-0.4, -0.2) is 202 Å². The molecule has 3 saturated heterocycles. The molecule has 0 amide bonds. The molecule has 69 heavy (non-hydrogen) atoms. The van der Waals surface area contributed by atoms with Crippen LogP contribution < -0.4 is 0 Å². The third-order valence-electron chi connectivity index (χ3n) is 19.4. The van der Waals surface area contributed by atoms with E-state index in [0.29, 0.717) is 38.5 Å². The number of aliphatic hydroxyl groups excluding tert-OH is 11. The first-order valence-electron chi connectivity index (χ1n) is 24.6. The monoisotopic (exact) mass is 988 g/mol. The van der Waals surface area contributed by atoms with Gasteiger partial charge in [0.05, 0.1) is 36.8 Å². The van der Waals surface area contributed by atoms with Crippen LogP contribution in [0.5, 0.6) is 0 Å². The molecule has 21 nitrogen and oxygen atoms in total. The highest BCUT2D eigenvalue weighted by Gasteiger charge is 2.73. The van der Waals surface area contributed by atoms with Crippen LogP contribution in [0.1, 0.15) is 99.3 Å². The molecule has 0 aromatic rings. The Bertz CT molecular complexity index is 1930. The van der Waals surface area contributed by atoms with Crippen LogP contribution in [0.2, 0.25) is 0 Å². The quantitative estimate of drug-likeness (QED) is 0.0849. The standard InChI is InChI=1S/C48H76O21/c1-43(2)11-13-48(42(62)63)14-12-45(4)20(21(48)15-43)7-8-26-44(3)16-22(51)37(47(6,41(60)61)27(44)9-10-46(26,45)5)69-40-35(59)36(30(54)24(18-50)66-40)68-39-34(58)32(56)29(53)25(67-39)19-64-38-33(57)31(55)28(52)23(17-49)65-38/h7,21-40,49-59H,8-19H2,1-6H3,(H,60,61)(H,62,63)/t21?,22-,23+,24+,25+,26+,27+,28+,29+,30+,31-,32-,33+,34+,35+,36-,37-,38+,39-,40-,44+,45+,46+,47-,48-/m0/s1. The lowest BCUT2D eigenvalue weighted by Gasteiger charge is -2.71. The van der Waals surface area contributed by atoms with Crippen LogP contribution in [0.3, 0.4) is 0 Å². The average Bonchev–Trinajstić information content (AvgIpc) is 3.28. The molecule has 3 aliphatic heterocycles. The number of hydrogen-bond acceptors (Lipinski definition) is 19. The summed E-state index contributed by atoms with van der Waals surface area (Å²) in [5, 5.41) is 141. The Kier molecular flexibility index (Phi) is 14.5. The third kappa shape index (κ3) is 8.25. The predicted molar refractivity (Wildman–Crippen MR) is 234 cm³/mol. The van der Waals surface area contributed by atoms with Gasteiger partial charge < -0.3 is 94.8 Å². The SMILES string of the molecule is CC1(C)CC[C@]2(C(=O)O)CC[C@]3(C)C(=CC[C@@H]4[C@@]5(C)C[C@H](O)[C@H](O[C@@H]6O[C@H](CO)[C@@H](O)[C@H](O[C@@H]7O[C@H](CO[C@@H]8O[C@H](CO)[C@@H](O)[C@H](O)[C@H]8O)[C@@H](O)[C@H](O)[C@H]7O)[C@H]6O)[C@@](C)(C(=O)O)[C@@H]5CC[C@]43C)C2C1. The van der Waals surface area contributed by atoms with Crippen molar-refractivity contribution in [2.45, 2.75) is 204 Å². The van der Waals surface area contributed by atoms with Gasteiger partial charge in [0.25, 0.3) is 0 Å². The van der Waals surface area contributed by atoms with Crippen molar-refractivity contribution < 1.29 is 104 Å². The number of aliphatic carboxylic acids is 2. The van der Waals surface area contributed by atoms with Gasteiger partial charge in [0.1, 0.15) is 79.4 Å². The molecule has 3 heterocycles. The summed E-state index contributed by atoms with van der Waals surface area (Å²) < 4.78 is 34.7. The maximum atomic E-state index is 13.8. The predicted octanol–water partition coefficient (Wildman–Crippen LogP) is -1.26. The van der Waals surface area contributed by atoms with Crippen LogP contribution >= 0.6 is 0 Å². The maximum Gasteiger partial charge on any atom is 0.312 e. The maximum absolute atomic E-state index is 13.8. The number of fused-ring (bicyclic) bond motifs is 7. The minimum Gasteiger partial charge on any atom is -0.481 e. The fourth-order valence-electron chi connectivity index (χ4n) is 15.1. The minimum absolute atomic E-state index is 0.0367. The number of carboxylic acids is 2. The van der Waals surface area contributed by atoms with Crippen molar-refractivity contribution in [3.05, 3.63) is 11.6 Å². The van der Waals surface area contributed by atoms with Gasteiger partial charge in [0, 0.05) is 0 Å². The van der Waals surface area contributed by atoms with Gasteiger partial charge in [-0.2, -0.15) is 0 Å². The van der Waals surface area contributed by atoms with Crippen molar-refractivity contribution in [1.29, 1.82) is 0 Å². The highest BCUT2D eigenvalue weighted by molar-refractivity contribution is 5.77. The van der Waals surface area contributed by atoms with Gasteiger partial charge in [-0.15, -0.1) is 0 Å². The summed E-state index contributed by atoms with van der Waals surface area (Å²) in [5.41, 5.74) is -3.05. The molecule has 0 spiro atoms. The van der Waals surface area contributed by atoms with E-state index < -0.39 is 164 Å². The molecule has 5 aliphatic carbocycles. The smallest absolute Gasteiger partial charge is 0.312 e. The molecule has 0 aromatic heterocycles. The molecule has 4 saturated carbocycles. The lowest BCUT2D eigenvalue weighted by atomic mass is 9.33. The van der Waals surface area contributed by atoms with E-state index in [2.05, 4.69) is 33.8 Å². The van der Waals surface area contributed by atoms with Crippen molar-refractivity contribution in [2.24, 2.45) is 50.2 Å². The second kappa shape index (κ2) is 18.7. The third-order valence-corrected chi connectivity index (χ3v) is 19.4. The van der Waals surface area contributed by atoms with Crippen LogP contribution in [0.4, 0.5) is 0 Å². The second-order valence-electron chi connectivity index (χ2n) is 23.4. The molecular weight excluding hydrogens is 913 g/mol. The Morgan fingerprint density at radius 3 is 1.81 bits per heavy atom. The van der Waals surface area contributed by atoms with E-state index in [9.17, 15) is 76.0 Å². The summed E-state index contributed by atoms with van der Waals surface area (Å²) in [7, 11) is 0. The Morgan fingerprint density at radius 1 is 0.623 bits per heavy atom. The van der Waals surface area contributed by atoms with E-state index in [1.807, 2.05) is 6.92 Å². The molecule has 7 fully saturated rings. The van der Waals surface area contributed by atoms with Crippen molar-refractivity contribution in [3.63, 3.8) is 0 Å². The van der Waals surface area contributed by atoms with Gasteiger partial charge in [0.2, 0.25) is 0 Å². The molecule has 0 bridgehead atoms. The van der Waals surface area contributed by atoms with Gasteiger partial charge in [-0.3, -0.25) is 9.59 Å². The summed E-state index contributed by atoms with van der Waals surface area (Å²) in [5.74, 6) is -2.86. The van der Waals surface area contributed by atoms with E-state index in [1.54, 1.807) is 0 Å². The van der Waals surface area contributed by atoms with Crippen molar-refractivity contribution in [3.8, 4) is 0 Å². The molecule has 0 radical (unpaired) electrons. The lowest BCUT2D eigenvalue weighted by Crippen LogP contribution is -2.70. The van der Waals surface area contributed by atoms with Crippen LogP contribution in [0.25, 0.3) is 0 Å². The first-order valence-corrected chi connectivity index (χ1v) is 24.6. The van der Waals surface area contributed by atoms with Crippen molar-refractivity contribution in [2.75, 3.05) is 19.8 Å². The Morgan fingerprint density at radius 2 is 1.19 bits per heavy atom. The molecule has 13 N–H and O–H groups in total. The largest absolute Gasteiger partial charge is 0.481 e. The van der Waals surface area contributed by atoms with Crippen molar-refractivity contribution >= 4 is 11.9 Å². The van der Waals surface area contributed by atoms with Gasteiger partial charge in [-0.25, -0.2) is 0 Å². The molecule has 1 unspecified atom stereocenters. The van der Waals surface area contributed by atoms with E-state index in [-0.39, 0.29) is 29.1 Å². The molecule has 394 valence electrons. The number of rotatable bonds is 11. The lowest BCUT2D eigenvalue weighted by molar-refractivity contribution is -0.376. The summed E-state index contributed by atoms with van der Waals surface area (Å²) in [6.07, 6.45) is -22.5. The zero-order valence-electron chi connectivity index (χ0n) is 40.2. The number of carboxylic acid groups (broad SMARTS) is 2. The molecule has 21 heteroatoms. The molecule has 8 aliphatic rings. The Hall–Kier alpha value is -2.00. The van der Waals surface area contributed by atoms with Crippen molar-refractivity contribution in [1.82, 2.24) is 0 Å². The number of hydrogen-bond donors (Lipinski definition) is 13. The average molecular weight is 989 g/mol. The van der Waals surface area contributed by atoms with Crippen LogP contribution in [0, 0.1) is 50.2 Å². The van der Waals surface area contributed by atoms with Gasteiger partial charge in [-0.05, 0) is 104 Å². The number of ether oxygens (including phenoxy) is 6. The fraction of sp³-hybridized carbons (Fsp3) is 0.917. The Labute approximate surface area is 400 Å². The highest BCUT2D eigenvalue weighted by Crippen LogP contribution is 2.76. The van der Waals surface area contributed by atoms with E-state index in [4.69, 9.17) is 28.4 Å². The topological polar surface area (TPSA) is 353 Å². The highest BCUT2D eigenvalue weighted by atomic mass is 16.8. The molecule has 25 atom stereocenters. The zero-order valence-corrected chi connectivity index (χ0v) is 40.2. The van der Waals surface area contributed by atoms with E-state index in [0.717, 1.165) is 12.8 Å². The first kappa shape index (κ1) is 53.3. The van der Waals surface area contributed by atoms with Gasteiger partial charge >= 0.3 is 11.9 Å². The summed E-state index contributed by atoms with van der Waals surface area (Å²) in [4.78, 5) is 27.0. The zero-order chi connectivity index (χ0) is 50.7. The minimum atomic E-state index is -2.03. The molecule has 0 aromatic carbocycles. The van der Waals surface area contributed by atoms with Gasteiger partial charge in [0.15, 0.2) is 18.9 Å².